The summed E-state index contributed by atoms with van der Waals surface area (Å²) in [5, 5.41) is 2.95. The van der Waals surface area contributed by atoms with E-state index >= 15 is 0 Å². The average Bonchev–Trinajstić information content (AvgIpc) is 2.54. The van der Waals surface area contributed by atoms with Crippen LogP contribution in [0.4, 0.5) is 4.39 Å². The van der Waals surface area contributed by atoms with E-state index in [1.54, 1.807) is 24.3 Å². The van der Waals surface area contributed by atoms with Crippen LogP contribution in [0, 0.1) is 5.82 Å². The predicted octanol–water partition coefficient (Wildman–Crippen LogP) is 2.33. The lowest BCUT2D eigenvalue weighted by Crippen LogP contribution is -2.34. The predicted molar refractivity (Wildman–Crippen MR) is 90.8 cm³/mol. The molecule has 0 aliphatic heterocycles. The van der Waals surface area contributed by atoms with Gasteiger partial charge in [-0.15, -0.1) is 0 Å². The summed E-state index contributed by atoms with van der Waals surface area (Å²) in [7, 11) is -3.56. The van der Waals surface area contributed by atoms with Crippen molar-refractivity contribution in [3.63, 3.8) is 0 Å². The SMILES string of the molecule is O=C(NCCS(=O)(=O)NCc1ccccc1Cl)c1ccc(F)cc1. The zero-order valence-corrected chi connectivity index (χ0v) is 14.2. The highest BCUT2D eigenvalue weighted by Gasteiger charge is 2.12. The molecule has 0 aromatic heterocycles. The van der Waals surface area contributed by atoms with Crippen LogP contribution < -0.4 is 10.0 Å². The third kappa shape index (κ3) is 5.59. The summed E-state index contributed by atoms with van der Waals surface area (Å²) in [6.45, 7) is 0.0159. The van der Waals surface area contributed by atoms with E-state index in [1.807, 2.05) is 0 Å². The van der Waals surface area contributed by atoms with Crippen LogP contribution in [0.2, 0.25) is 5.02 Å². The smallest absolute Gasteiger partial charge is 0.251 e. The summed E-state index contributed by atoms with van der Waals surface area (Å²) in [5.41, 5.74) is 0.927. The van der Waals surface area contributed by atoms with Gasteiger partial charge in [-0.1, -0.05) is 29.8 Å². The molecule has 0 aliphatic rings. The number of rotatable bonds is 7. The maximum atomic E-state index is 12.8. The van der Waals surface area contributed by atoms with Gasteiger partial charge >= 0.3 is 0 Å². The highest BCUT2D eigenvalue weighted by Crippen LogP contribution is 2.14. The third-order valence-corrected chi connectivity index (χ3v) is 4.90. The summed E-state index contributed by atoms with van der Waals surface area (Å²) in [6.07, 6.45) is 0. The zero-order valence-electron chi connectivity index (χ0n) is 12.6. The Labute approximate surface area is 144 Å². The number of halogens is 2. The molecule has 24 heavy (non-hydrogen) atoms. The van der Waals surface area contributed by atoms with Crippen molar-refractivity contribution < 1.29 is 17.6 Å². The lowest BCUT2D eigenvalue weighted by molar-refractivity contribution is 0.0956. The van der Waals surface area contributed by atoms with E-state index in [9.17, 15) is 17.6 Å². The molecule has 2 aromatic rings. The van der Waals surface area contributed by atoms with E-state index in [4.69, 9.17) is 11.6 Å². The second kappa shape index (κ2) is 8.23. The molecule has 1 amide bonds. The first-order chi connectivity index (χ1) is 11.4. The number of benzene rings is 2. The van der Waals surface area contributed by atoms with Gasteiger partial charge in [0.05, 0.1) is 5.75 Å². The van der Waals surface area contributed by atoms with Gasteiger partial charge in [-0.05, 0) is 35.9 Å². The molecule has 0 atom stereocenters. The fraction of sp³-hybridized carbons (Fsp3) is 0.188. The lowest BCUT2D eigenvalue weighted by atomic mass is 10.2. The molecule has 0 saturated carbocycles. The Kier molecular flexibility index (Phi) is 6.30. The van der Waals surface area contributed by atoms with E-state index < -0.39 is 21.7 Å². The zero-order chi connectivity index (χ0) is 17.6. The maximum Gasteiger partial charge on any atom is 0.251 e. The van der Waals surface area contributed by atoms with Gasteiger partial charge in [0.1, 0.15) is 5.82 Å². The quantitative estimate of drug-likeness (QED) is 0.785. The number of carbonyl (C=O) groups is 1. The maximum absolute atomic E-state index is 12.8. The summed E-state index contributed by atoms with van der Waals surface area (Å²) in [6, 6.07) is 11.9. The molecule has 2 rings (SSSR count). The molecule has 128 valence electrons. The van der Waals surface area contributed by atoms with Crippen LogP contribution in [0.3, 0.4) is 0 Å². The topological polar surface area (TPSA) is 75.3 Å². The Balaban J connectivity index is 1.81. The Morgan fingerprint density at radius 3 is 2.42 bits per heavy atom. The highest BCUT2D eigenvalue weighted by atomic mass is 35.5. The summed E-state index contributed by atoms with van der Waals surface area (Å²) >= 11 is 5.96. The van der Waals surface area contributed by atoms with Gasteiger partial charge in [0.15, 0.2) is 0 Å². The molecule has 0 bridgehead atoms. The van der Waals surface area contributed by atoms with Crippen LogP contribution in [0.25, 0.3) is 0 Å². The third-order valence-electron chi connectivity index (χ3n) is 3.20. The van der Waals surface area contributed by atoms with Crippen molar-refractivity contribution >= 4 is 27.5 Å². The van der Waals surface area contributed by atoms with Gasteiger partial charge in [-0.3, -0.25) is 4.79 Å². The number of carbonyl (C=O) groups excluding carboxylic acids is 1. The van der Waals surface area contributed by atoms with Gasteiger partial charge < -0.3 is 5.32 Å². The number of nitrogens with one attached hydrogen (secondary N) is 2. The van der Waals surface area contributed by atoms with Gasteiger partial charge in [0, 0.05) is 23.7 Å². The first-order valence-corrected chi connectivity index (χ1v) is 9.15. The van der Waals surface area contributed by atoms with Crippen molar-refractivity contribution in [3.05, 3.63) is 70.5 Å². The van der Waals surface area contributed by atoms with Crippen molar-refractivity contribution in [1.82, 2.24) is 10.0 Å². The normalized spacial score (nSPS) is 11.2. The minimum Gasteiger partial charge on any atom is -0.351 e. The molecule has 0 aliphatic carbocycles. The second-order valence-electron chi connectivity index (χ2n) is 4.99. The van der Waals surface area contributed by atoms with Crippen LogP contribution in [0.15, 0.2) is 48.5 Å². The van der Waals surface area contributed by atoms with Crippen molar-refractivity contribution in [3.8, 4) is 0 Å². The number of amides is 1. The molecule has 0 spiro atoms. The summed E-state index contributed by atoms with van der Waals surface area (Å²) in [4.78, 5) is 11.8. The van der Waals surface area contributed by atoms with Gasteiger partial charge in [0.2, 0.25) is 10.0 Å². The summed E-state index contributed by atoms with van der Waals surface area (Å²) in [5.74, 6) is -1.18. The molecule has 0 radical (unpaired) electrons. The largest absolute Gasteiger partial charge is 0.351 e. The second-order valence-corrected chi connectivity index (χ2v) is 7.33. The number of hydrogen-bond donors (Lipinski definition) is 2. The molecule has 2 aromatic carbocycles. The van der Waals surface area contributed by atoms with E-state index in [-0.39, 0.29) is 24.4 Å². The minimum atomic E-state index is -3.56. The molecular formula is C16H16ClFN2O3S. The minimum absolute atomic E-state index is 0.0614. The van der Waals surface area contributed by atoms with Crippen molar-refractivity contribution in [2.45, 2.75) is 6.54 Å². The number of sulfonamides is 1. The molecule has 8 heteroatoms. The van der Waals surface area contributed by atoms with Crippen LogP contribution in [-0.4, -0.2) is 26.6 Å². The van der Waals surface area contributed by atoms with Gasteiger partial charge in [-0.2, -0.15) is 0 Å². The molecule has 0 unspecified atom stereocenters. The Morgan fingerprint density at radius 1 is 1.08 bits per heavy atom. The fourth-order valence-electron chi connectivity index (χ4n) is 1.90. The fourth-order valence-corrected chi connectivity index (χ4v) is 3.00. The highest BCUT2D eigenvalue weighted by molar-refractivity contribution is 7.89. The molecule has 5 nitrogen and oxygen atoms in total. The molecular weight excluding hydrogens is 355 g/mol. The van der Waals surface area contributed by atoms with Crippen molar-refractivity contribution in [2.75, 3.05) is 12.3 Å². The van der Waals surface area contributed by atoms with Gasteiger partial charge in [0.25, 0.3) is 5.91 Å². The van der Waals surface area contributed by atoms with E-state index in [0.717, 1.165) is 12.1 Å². The van der Waals surface area contributed by atoms with Crippen LogP contribution in [0.1, 0.15) is 15.9 Å². The summed E-state index contributed by atoms with van der Waals surface area (Å²) < 4.78 is 39.1. The first kappa shape index (κ1) is 18.4. The van der Waals surface area contributed by atoms with E-state index in [2.05, 4.69) is 10.0 Å². The van der Waals surface area contributed by atoms with Crippen molar-refractivity contribution in [2.24, 2.45) is 0 Å². The monoisotopic (exact) mass is 370 g/mol. The Hall–Kier alpha value is -1.96. The van der Waals surface area contributed by atoms with Crippen LogP contribution in [0.5, 0.6) is 0 Å². The molecule has 2 N–H and O–H groups in total. The number of hydrogen-bond acceptors (Lipinski definition) is 3. The van der Waals surface area contributed by atoms with Gasteiger partial charge in [-0.25, -0.2) is 17.5 Å². The Morgan fingerprint density at radius 2 is 1.75 bits per heavy atom. The van der Waals surface area contributed by atoms with E-state index in [1.165, 1.54) is 12.1 Å². The molecule has 0 saturated heterocycles. The van der Waals surface area contributed by atoms with E-state index in [0.29, 0.717) is 10.6 Å². The molecule has 0 heterocycles. The average molecular weight is 371 g/mol. The Bertz CT molecular complexity index is 810. The standard InChI is InChI=1S/C16H16ClFN2O3S/c17-15-4-2-1-3-13(15)11-20-24(22,23)10-9-19-16(21)12-5-7-14(18)8-6-12/h1-8,20H,9-11H2,(H,19,21). The molecule has 0 fully saturated rings. The first-order valence-electron chi connectivity index (χ1n) is 7.12. The lowest BCUT2D eigenvalue weighted by Gasteiger charge is -2.09. The van der Waals surface area contributed by atoms with Crippen molar-refractivity contribution in [1.29, 1.82) is 0 Å². The van der Waals surface area contributed by atoms with Crippen LogP contribution in [-0.2, 0) is 16.6 Å². The van der Waals surface area contributed by atoms with Crippen LogP contribution >= 0.6 is 11.6 Å².